The van der Waals surface area contributed by atoms with E-state index in [-0.39, 0.29) is 11.9 Å². The predicted molar refractivity (Wildman–Crippen MR) is 105 cm³/mol. The molecule has 0 spiro atoms. The largest absolute Gasteiger partial charge is 0.354 e. The Morgan fingerprint density at radius 2 is 1.80 bits per heavy atom. The van der Waals surface area contributed by atoms with E-state index in [0.717, 1.165) is 22.4 Å². The first-order valence-corrected chi connectivity index (χ1v) is 8.56. The zero-order valence-electron chi connectivity index (χ0n) is 14.3. The van der Waals surface area contributed by atoms with E-state index in [9.17, 15) is 4.79 Å². The molecule has 2 aromatic carbocycles. The summed E-state index contributed by atoms with van der Waals surface area (Å²) in [5.41, 5.74) is 4.65. The van der Waals surface area contributed by atoms with Crippen LogP contribution in [0.2, 0.25) is 0 Å². The molecular weight excluding hydrogens is 330 g/mol. The van der Waals surface area contributed by atoms with Gasteiger partial charge in [0.2, 0.25) is 5.91 Å². The Bertz CT molecular complexity index is 829. The van der Waals surface area contributed by atoms with Gasteiger partial charge in [0.1, 0.15) is 5.92 Å². The highest BCUT2D eigenvalue weighted by molar-refractivity contribution is 7.80. The summed E-state index contributed by atoms with van der Waals surface area (Å²) in [6.45, 7) is 8.07. The van der Waals surface area contributed by atoms with Crippen molar-refractivity contribution in [3.05, 3.63) is 77.5 Å². The minimum Gasteiger partial charge on any atom is -0.354 e. The van der Waals surface area contributed by atoms with E-state index in [0.29, 0.717) is 10.8 Å². The van der Waals surface area contributed by atoms with Gasteiger partial charge >= 0.3 is 0 Å². The molecule has 5 heteroatoms. The van der Waals surface area contributed by atoms with Crippen molar-refractivity contribution in [2.75, 3.05) is 5.32 Å². The van der Waals surface area contributed by atoms with E-state index >= 15 is 0 Å². The summed E-state index contributed by atoms with van der Waals surface area (Å²) >= 11 is 5.27. The SMILES string of the molecule is C=C1NC(=S)N[C@H](c2ccccc2C)[C@H]1C(=O)Nc1ccc(C)cc1. The third-order valence-electron chi connectivity index (χ3n) is 4.39. The van der Waals surface area contributed by atoms with Gasteiger partial charge in [-0.3, -0.25) is 4.79 Å². The van der Waals surface area contributed by atoms with Crippen molar-refractivity contribution in [3.8, 4) is 0 Å². The third-order valence-corrected chi connectivity index (χ3v) is 4.61. The maximum absolute atomic E-state index is 13.0. The molecule has 0 aliphatic carbocycles. The van der Waals surface area contributed by atoms with Crippen LogP contribution in [0.1, 0.15) is 22.7 Å². The molecule has 1 fully saturated rings. The maximum atomic E-state index is 13.0. The lowest BCUT2D eigenvalue weighted by Crippen LogP contribution is -2.51. The van der Waals surface area contributed by atoms with Crippen LogP contribution in [-0.4, -0.2) is 11.0 Å². The average Bonchev–Trinajstić information content (AvgIpc) is 2.56. The smallest absolute Gasteiger partial charge is 0.235 e. The lowest BCUT2D eigenvalue weighted by atomic mass is 9.86. The molecule has 0 unspecified atom stereocenters. The molecule has 25 heavy (non-hydrogen) atoms. The van der Waals surface area contributed by atoms with Crippen LogP contribution >= 0.6 is 12.2 Å². The number of thiocarbonyl (C=S) groups is 1. The van der Waals surface area contributed by atoms with Crippen molar-refractivity contribution in [2.45, 2.75) is 19.9 Å². The van der Waals surface area contributed by atoms with Crippen LogP contribution in [0.5, 0.6) is 0 Å². The second-order valence-corrected chi connectivity index (χ2v) is 6.70. The van der Waals surface area contributed by atoms with Crippen molar-refractivity contribution in [3.63, 3.8) is 0 Å². The van der Waals surface area contributed by atoms with Crippen LogP contribution in [0, 0.1) is 19.8 Å². The molecule has 3 rings (SSSR count). The van der Waals surface area contributed by atoms with Crippen molar-refractivity contribution in [1.82, 2.24) is 10.6 Å². The molecule has 0 saturated carbocycles. The molecule has 1 aliphatic rings. The lowest BCUT2D eigenvalue weighted by Gasteiger charge is -2.36. The van der Waals surface area contributed by atoms with Crippen molar-refractivity contribution >= 4 is 28.9 Å². The fourth-order valence-electron chi connectivity index (χ4n) is 3.04. The number of hydrogen-bond acceptors (Lipinski definition) is 2. The van der Waals surface area contributed by atoms with E-state index in [1.807, 2.05) is 62.4 Å². The number of aryl methyl sites for hydroxylation is 2. The van der Waals surface area contributed by atoms with Crippen molar-refractivity contribution < 1.29 is 4.79 Å². The van der Waals surface area contributed by atoms with Gasteiger partial charge in [-0.2, -0.15) is 0 Å². The summed E-state index contributed by atoms with van der Waals surface area (Å²) in [6.07, 6.45) is 0. The summed E-state index contributed by atoms with van der Waals surface area (Å²) < 4.78 is 0. The zero-order valence-corrected chi connectivity index (χ0v) is 15.1. The van der Waals surface area contributed by atoms with Gasteiger partial charge in [-0.25, -0.2) is 0 Å². The van der Waals surface area contributed by atoms with Crippen molar-refractivity contribution in [2.24, 2.45) is 5.92 Å². The normalized spacial score (nSPS) is 19.8. The Kier molecular flexibility index (Phi) is 4.86. The van der Waals surface area contributed by atoms with Gasteiger partial charge < -0.3 is 16.0 Å². The molecule has 2 atom stereocenters. The summed E-state index contributed by atoms with van der Waals surface area (Å²) in [5.74, 6) is -0.598. The van der Waals surface area contributed by atoms with Gasteiger partial charge in [0.15, 0.2) is 5.11 Å². The maximum Gasteiger partial charge on any atom is 0.235 e. The summed E-state index contributed by atoms with van der Waals surface area (Å²) in [4.78, 5) is 13.0. The summed E-state index contributed by atoms with van der Waals surface area (Å²) in [7, 11) is 0. The molecule has 1 heterocycles. The van der Waals surface area contributed by atoms with E-state index in [4.69, 9.17) is 12.2 Å². The number of nitrogens with one attached hydrogen (secondary N) is 3. The third kappa shape index (κ3) is 3.72. The van der Waals surface area contributed by atoms with E-state index in [2.05, 4.69) is 22.5 Å². The Morgan fingerprint density at radius 3 is 2.48 bits per heavy atom. The van der Waals surface area contributed by atoms with Crippen molar-refractivity contribution in [1.29, 1.82) is 0 Å². The van der Waals surface area contributed by atoms with Gasteiger partial charge in [-0.05, 0) is 49.3 Å². The monoisotopic (exact) mass is 351 g/mol. The van der Waals surface area contributed by atoms with Crippen LogP contribution in [0.4, 0.5) is 5.69 Å². The van der Waals surface area contributed by atoms with Crippen LogP contribution < -0.4 is 16.0 Å². The Balaban J connectivity index is 1.91. The van der Waals surface area contributed by atoms with Gasteiger partial charge in [0.05, 0.1) is 6.04 Å². The molecule has 1 amide bonds. The first kappa shape index (κ1) is 17.2. The van der Waals surface area contributed by atoms with Gasteiger partial charge in [0, 0.05) is 11.4 Å². The van der Waals surface area contributed by atoms with Gasteiger partial charge in [0.25, 0.3) is 0 Å². The Hall–Kier alpha value is -2.66. The Morgan fingerprint density at radius 1 is 1.12 bits per heavy atom. The number of carbonyl (C=O) groups is 1. The second kappa shape index (κ2) is 7.07. The number of hydrogen-bond donors (Lipinski definition) is 3. The standard InChI is InChI=1S/C20H21N3OS/c1-12-8-10-15(11-9-12)22-19(24)17-14(3)21-20(25)23-18(17)16-7-5-4-6-13(16)2/h4-11,17-18H,3H2,1-2H3,(H,22,24)(H2,21,23,25)/t17-,18+/m0/s1. The molecule has 0 radical (unpaired) electrons. The molecule has 0 aromatic heterocycles. The average molecular weight is 351 g/mol. The minimum atomic E-state index is -0.478. The van der Waals surface area contributed by atoms with E-state index in [1.165, 1.54) is 0 Å². The first-order valence-electron chi connectivity index (χ1n) is 8.15. The summed E-state index contributed by atoms with van der Waals surface area (Å²) in [5, 5.41) is 9.68. The molecule has 0 bridgehead atoms. The zero-order chi connectivity index (χ0) is 18.0. The number of carbonyl (C=O) groups excluding carboxylic acids is 1. The molecule has 1 saturated heterocycles. The topological polar surface area (TPSA) is 53.2 Å². The number of anilines is 1. The molecule has 2 aromatic rings. The second-order valence-electron chi connectivity index (χ2n) is 6.29. The number of rotatable bonds is 3. The van der Waals surface area contributed by atoms with Gasteiger partial charge in [-0.15, -0.1) is 0 Å². The van der Waals surface area contributed by atoms with Gasteiger partial charge in [-0.1, -0.05) is 48.5 Å². The van der Waals surface area contributed by atoms with E-state index < -0.39 is 5.92 Å². The number of benzene rings is 2. The molecule has 128 valence electrons. The fourth-order valence-corrected chi connectivity index (χ4v) is 3.30. The Labute approximate surface area is 153 Å². The lowest BCUT2D eigenvalue weighted by molar-refractivity contribution is -0.119. The highest BCUT2D eigenvalue weighted by Crippen LogP contribution is 2.32. The highest BCUT2D eigenvalue weighted by Gasteiger charge is 2.37. The molecule has 3 N–H and O–H groups in total. The first-order chi connectivity index (χ1) is 12.0. The highest BCUT2D eigenvalue weighted by atomic mass is 32.1. The van der Waals surface area contributed by atoms with E-state index in [1.54, 1.807) is 0 Å². The van der Waals surface area contributed by atoms with Crippen LogP contribution in [0.15, 0.2) is 60.8 Å². The molecular formula is C20H21N3OS. The minimum absolute atomic E-state index is 0.121. The fraction of sp³-hybridized carbons (Fsp3) is 0.200. The number of amides is 1. The molecule has 4 nitrogen and oxygen atoms in total. The van der Waals surface area contributed by atoms with Crippen LogP contribution in [0.3, 0.4) is 0 Å². The molecule has 1 aliphatic heterocycles. The summed E-state index contributed by atoms with van der Waals surface area (Å²) in [6, 6.07) is 15.5. The van der Waals surface area contributed by atoms with Crippen LogP contribution in [-0.2, 0) is 4.79 Å². The quantitative estimate of drug-likeness (QED) is 0.740. The predicted octanol–water partition coefficient (Wildman–Crippen LogP) is 3.59. The van der Waals surface area contributed by atoms with Crippen LogP contribution in [0.25, 0.3) is 0 Å².